The fraction of sp³-hybridized carbons (Fsp3) is 0.182. The molecular formula is C11H10O2. The SMILES string of the molecule is Cc1cccc(C2=CC(=O)OC2)c1. The van der Waals surface area contributed by atoms with E-state index in [0.717, 1.165) is 11.1 Å². The van der Waals surface area contributed by atoms with Gasteiger partial charge in [-0.1, -0.05) is 29.8 Å². The molecule has 0 bridgehead atoms. The molecule has 0 N–H and O–H groups in total. The summed E-state index contributed by atoms with van der Waals surface area (Å²) in [4.78, 5) is 10.8. The maximum atomic E-state index is 10.8. The lowest BCUT2D eigenvalue weighted by Crippen LogP contribution is -1.91. The van der Waals surface area contributed by atoms with Gasteiger partial charge in [-0.05, 0) is 12.5 Å². The molecule has 1 aromatic rings. The zero-order valence-electron chi connectivity index (χ0n) is 7.41. The second-order valence-electron chi connectivity index (χ2n) is 3.15. The van der Waals surface area contributed by atoms with Crippen molar-refractivity contribution in [1.82, 2.24) is 0 Å². The third-order valence-electron chi connectivity index (χ3n) is 2.05. The molecule has 1 heterocycles. The van der Waals surface area contributed by atoms with Crippen LogP contribution in [0.2, 0.25) is 0 Å². The third kappa shape index (κ3) is 1.61. The summed E-state index contributed by atoms with van der Waals surface area (Å²) in [5.74, 6) is -0.239. The molecule has 0 spiro atoms. The summed E-state index contributed by atoms with van der Waals surface area (Å²) in [6.07, 6.45) is 1.55. The monoisotopic (exact) mass is 174 g/mol. The molecule has 0 amide bonds. The summed E-state index contributed by atoms with van der Waals surface area (Å²) < 4.78 is 4.83. The van der Waals surface area contributed by atoms with Crippen molar-refractivity contribution in [3.05, 3.63) is 41.5 Å². The van der Waals surface area contributed by atoms with Gasteiger partial charge in [-0.15, -0.1) is 0 Å². The van der Waals surface area contributed by atoms with Crippen molar-refractivity contribution in [2.45, 2.75) is 6.92 Å². The first-order chi connectivity index (χ1) is 6.25. The van der Waals surface area contributed by atoms with Gasteiger partial charge < -0.3 is 4.74 Å². The first-order valence-corrected chi connectivity index (χ1v) is 4.20. The van der Waals surface area contributed by atoms with Crippen molar-refractivity contribution >= 4 is 11.5 Å². The molecule has 66 valence electrons. The molecular weight excluding hydrogens is 164 g/mol. The van der Waals surface area contributed by atoms with Gasteiger partial charge in [-0.25, -0.2) is 4.79 Å². The second kappa shape index (κ2) is 3.05. The molecule has 1 aliphatic heterocycles. The van der Waals surface area contributed by atoms with E-state index in [1.54, 1.807) is 6.08 Å². The van der Waals surface area contributed by atoms with Crippen molar-refractivity contribution in [3.63, 3.8) is 0 Å². The number of hydrogen-bond donors (Lipinski definition) is 0. The first-order valence-electron chi connectivity index (χ1n) is 4.20. The van der Waals surface area contributed by atoms with E-state index in [9.17, 15) is 4.79 Å². The summed E-state index contributed by atoms with van der Waals surface area (Å²) in [6.45, 7) is 2.43. The lowest BCUT2D eigenvalue weighted by molar-refractivity contribution is -0.134. The summed E-state index contributed by atoms with van der Waals surface area (Å²) >= 11 is 0. The highest BCUT2D eigenvalue weighted by molar-refractivity contribution is 5.95. The minimum atomic E-state index is -0.239. The molecule has 2 rings (SSSR count). The van der Waals surface area contributed by atoms with Crippen LogP contribution in [0.1, 0.15) is 11.1 Å². The number of aryl methyl sites for hydroxylation is 1. The highest BCUT2D eigenvalue weighted by Crippen LogP contribution is 2.20. The number of rotatable bonds is 1. The van der Waals surface area contributed by atoms with Crippen molar-refractivity contribution in [1.29, 1.82) is 0 Å². The van der Waals surface area contributed by atoms with E-state index in [1.165, 1.54) is 5.56 Å². The standard InChI is InChI=1S/C11H10O2/c1-8-3-2-4-9(5-8)10-6-11(12)13-7-10/h2-6H,7H2,1H3. The summed E-state index contributed by atoms with van der Waals surface area (Å²) in [5.41, 5.74) is 3.23. The van der Waals surface area contributed by atoms with Gasteiger partial charge in [-0.3, -0.25) is 0 Å². The Bertz CT molecular complexity index is 377. The summed E-state index contributed by atoms with van der Waals surface area (Å²) in [5, 5.41) is 0. The van der Waals surface area contributed by atoms with Gasteiger partial charge in [-0.2, -0.15) is 0 Å². The fourth-order valence-electron chi connectivity index (χ4n) is 1.39. The normalized spacial score (nSPS) is 15.5. The molecule has 2 nitrogen and oxygen atoms in total. The Morgan fingerprint density at radius 3 is 2.85 bits per heavy atom. The lowest BCUT2D eigenvalue weighted by Gasteiger charge is -2.00. The number of ether oxygens (including phenoxy) is 1. The van der Waals surface area contributed by atoms with Crippen LogP contribution < -0.4 is 0 Å². The minimum Gasteiger partial charge on any atom is -0.458 e. The Morgan fingerprint density at radius 1 is 1.38 bits per heavy atom. The van der Waals surface area contributed by atoms with E-state index in [1.807, 2.05) is 31.2 Å². The third-order valence-corrected chi connectivity index (χ3v) is 2.05. The largest absolute Gasteiger partial charge is 0.458 e. The van der Waals surface area contributed by atoms with Gasteiger partial charge in [0.15, 0.2) is 0 Å². The number of carbonyl (C=O) groups excluding carboxylic acids is 1. The first kappa shape index (κ1) is 8.05. The van der Waals surface area contributed by atoms with E-state index in [-0.39, 0.29) is 5.97 Å². The molecule has 1 aliphatic rings. The molecule has 2 heteroatoms. The van der Waals surface area contributed by atoms with Crippen LogP contribution in [-0.2, 0) is 9.53 Å². The van der Waals surface area contributed by atoms with Crippen molar-refractivity contribution < 1.29 is 9.53 Å². The molecule has 13 heavy (non-hydrogen) atoms. The summed E-state index contributed by atoms with van der Waals surface area (Å²) in [7, 11) is 0. The van der Waals surface area contributed by atoms with Crippen LogP contribution in [0.3, 0.4) is 0 Å². The van der Waals surface area contributed by atoms with Gasteiger partial charge in [0, 0.05) is 11.6 Å². The Balaban J connectivity index is 2.36. The van der Waals surface area contributed by atoms with Crippen LogP contribution in [0.15, 0.2) is 30.3 Å². The quantitative estimate of drug-likeness (QED) is 0.608. The van der Waals surface area contributed by atoms with Crippen LogP contribution in [0, 0.1) is 6.92 Å². The molecule has 0 radical (unpaired) electrons. The van der Waals surface area contributed by atoms with Gasteiger partial charge in [0.05, 0.1) is 0 Å². The highest BCUT2D eigenvalue weighted by atomic mass is 16.5. The van der Waals surface area contributed by atoms with Gasteiger partial charge in [0.1, 0.15) is 6.61 Å². The van der Waals surface area contributed by atoms with Crippen molar-refractivity contribution in [2.75, 3.05) is 6.61 Å². The molecule has 1 aromatic carbocycles. The Morgan fingerprint density at radius 2 is 2.23 bits per heavy atom. The Hall–Kier alpha value is -1.57. The van der Waals surface area contributed by atoms with E-state index in [0.29, 0.717) is 6.61 Å². The molecule has 0 aromatic heterocycles. The minimum absolute atomic E-state index is 0.239. The van der Waals surface area contributed by atoms with Gasteiger partial charge in [0.25, 0.3) is 0 Å². The lowest BCUT2D eigenvalue weighted by atomic mass is 10.1. The predicted octanol–water partition coefficient (Wildman–Crippen LogP) is 1.94. The fourth-order valence-corrected chi connectivity index (χ4v) is 1.39. The molecule has 0 atom stereocenters. The topological polar surface area (TPSA) is 26.3 Å². The van der Waals surface area contributed by atoms with Crippen LogP contribution in [0.4, 0.5) is 0 Å². The maximum absolute atomic E-state index is 10.8. The summed E-state index contributed by atoms with van der Waals surface area (Å²) in [6, 6.07) is 8.05. The van der Waals surface area contributed by atoms with Crippen LogP contribution >= 0.6 is 0 Å². The van der Waals surface area contributed by atoms with Gasteiger partial charge in [0.2, 0.25) is 0 Å². The van der Waals surface area contributed by atoms with E-state index >= 15 is 0 Å². The molecule has 0 saturated heterocycles. The predicted molar refractivity (Wildman–Crippen MR) is 50.1 cm³/mol. The average molecular weight is 174 g/mol. The number of carbonyl (C=O) groups is 1. The number of hydrogen-bond acceptors (Lipinski definition) is 2. The van der Waals surface area contributed by atoms with Crippen LogP contribution in [0.5, 0.6) is 0 Å². The average Bonchev–Trinajstić information content (AvgIpc) is 2.52. The smallest absolute Gasteiger partial charge is 0.331 e. The molecule has 0 aliphatic carbocycles. The number of benzene rings is 1. The highest BCUT2D eigenvalue weighted by Gasteiger charge is 2.13. The van der Waals surface area contributed by atoms with Crippen LogP contribution in [0.25, 0.3) is 5.57 Å². The zero-order valence-corrected chi connectivity index (χ0v) is 7.41. The van der Waals surface area contributed by atoms with Crippen molar-refractivity contribution in [3.8, 4) is 0 Å². The number of esters is 1. The molecule has 0 saturated carbocycles. The van der Waals surface area contributed by atoms with E-state index in [4.69, 9.17) is 4.74 Å². The molecule has 0 unspecified atom stereocenters. The van der Waals surface area contributed by atoms with E-state index in [2.05, 4.69) is 0 Å². The number of cyclic esters (lactones) is 1. The van der Waals surface area contributed by atoms with Gasteiger partial charge >= 0.3 is 5.97 Å². The van der Waals surface area contributed by atoms with E-state index < -0.39 is 0 Å². The zero-order chi connectivity index (χ0) is 9.26. The Kier molecular flexibility index (Phi) is 1.89. The van der Waals surface area contributed by atoms with Crippen LogP contribution in [-0.4, -0.2) is 12.6 Å². The molecule has 0 fully saturated rings. The second-order valence-corrected chi connectivity index (χ2v) is 3.15. The maximum Gasteiger partial charge on any atom is 0.331 e. The van der Waals surface area contributed by atoms with Crippen molar-refractivity contribution in [2.24, 2.45) is 0 Å². The Labute approximate surface area is 76.8 Å².